The van der Waals surface area contributed by atoms with Crippen LogP contribution in [0.1, 0.15) is 33.1 Å². The SMILES string of the molecule is CC1CC(C)CC(CN)(N(C)c2ccc(F)cc2)C1. The predicted octanol–water partition coefficient (Wildman–Crippen LogP) is 3.42. The van der Waals surface area contributed by atoms with Crippen molar-refractivity contribution in [3.8, 4) is 0 Å². The smallest absolute Gasteiger partial charge is 0.123 e. The van der Waals surface area contributed by atoms with Gasteiger partial charge < -0.3 is 10.6 Å². The molecule has 2 N–H and O–H groups in total. The van der Waals surface area contributed by atoms with Crippen molar-refractivity contribution in [1.82, 2.24) is 0 Å². The maximum absolute atomic E-state index is 13.1. The first-order valence-electron chi connectivity index (χ1n) is 7.16. The average Bonchev–Trinajstić information content (AvgIpc) is 2.37. The second-order valence-electron chi connectivity index (χ2n) is 6.32. The largest absolute Gasteiger partial charge is 0.368 e. The van der Waals surface area contributed by atoms with E-state index in [1.54, 1.807) is 0 Å². The van der Waals surface area contributed by atoms with Crippen molar-refractivity contribution in [3.63, 3.8) is 0 Å². The van der Waals surface area contributed by atoms with Gasteiger partial charge in [-0.25, -0.2) is 4.39 Å². The van der Waals surface area contributed by atoms with Gasteiger partial charge in [0, 0.05) is 19.3 Å². The molecule has 1 aliphatic carbocycles. The van der Waals surface area contributed by atoms with Gasteiger partial charge in [0.15, 0.2) is 0 Å². The minimum atomic E-state index is -0.190. The minimum Gasteiger partial charge on any atom is -0.368 e. The fourth-order valence-electron chi connectivity index (χ4n) is 3.75. The van der Waals surface area contributed by atoms with Gasteiger partial charge in [-0.05, 0) is 55.4 Å². The highest BCUT2D eigenvalue weighted by Gasteiger charge is 2.40. The third-order valence-electron chi connectivity index (χ3n) is 4.57. The molecule has 0 radical (unpaired) electrons. The van der Waals surface area contributed by atoms with Crippen molar-refractivity contribution in [3.05, 3.63) is 30.1 Å². The summed E-state index contributed by atoms with van der Waals surface area (Å²) in [5, 5.41) is 0. The first kappa shape index (κ1) is 14.3. The van der Waals surface area contributed by atoms with E-state index in [1.807, 2.05) is 12.1 Å². The number of benzene rings is 1. The van der Waals surface area contributed by atoms with Gasteiger partial charge in [-0.1, -0.05) is 13.8 Å². The number of likely N-dealkylation sites (N-methyl/N-ethyl adjacent to an activating group) is 1. The lowest BCUT2D eigenvalue weighted by atomic mass is 9.70. The van der Waals surface area contributed by atoms with E-state index < -0.39 is 0 Å². The number of rotatable bonds is 3. The highest BCUT2D eigenvalue weighted by atomic mass is 19.1. The first-order chi connectivity index (χ1) is 8.97. The second kappa shape index (κ2) is 5.49. The molecule has 2 nitrogen and oxygen atoms in total. The normalized spacial score (nSPS) is 31.2. The maximum atomic E-state index is 13.1. The molecular weight excluding hydrogens is 239 g/mol. The number of halogens is 1. The summed E-state index contributed by atoms with van der Waals surface area (Å²) >= 11 is 0. The topological polar surface area (TPSA) is 29.3 Å². The van der Waals surface area contributed by atoms with Crippen molar-refractivity contribution in [2.24, 2.45) is 17.6 Å². The number of nitrogens with two attached hydrogens (primary N) is 1. The molecule has 0 aromatic heterocycles. The Morgan fingerprint density at radius 1 is 1.21 bits per heavy atom. The fraction of sp³-hybridized carbons (Fsp3) is 0.625. The molecule has 0 bridgehead atoms. The standard InChI is InChI=1S/C16H25FN2/c1-12-8-13(2)10-16(9-12,11-18)19(3)15-6-4-14(17)5-7-15/h4-7,12-13H,8-11,18H2,1-3H3. The van der Waals surface area contributed by atoms with Crippen LogP contribution in [-0.2, 0) is 0 Å². The van der Waals surface area contributed by atoms with Gasteiger partial charge in [0.1, 0.15) is 5.82 Å². The molecule has 1 saturated carbocycles. The van der Waals surface area contributed by atoms with E-state index in [1.165, 1.54) is 18.6 Å². The zero-order valence-electron chi connectivity index (χ0n) is 12.2. The third kappa shape index (κ3) is 2.92. The van der Waals surface area contributed by atoms with Gasteiger partial charge in [0.05, 0.1) is 5.54 Å². The highest BCUT2D eigenvalue weighted by Crippen LogP contribution is 2.40. The van der Waals surface area contributed by atoms with E-state index in [9.17, 15) is 4.39 Å². The second-order valence-corrected chi connectivity index (χ2v) is 6.32. The molecule has 2 rings (SSSR count). The van der Waals surface area contributed by atoms with Crippen LogP contribution in [0.25, 0.3) is 0 Å². The van der Waals surface area contributed by atoms with Crippen molar-refractivity contribution in [2.75, 3.05) is 18.5 Å². The van der Waals surface area contributed by atoms with Gasteiger partial charge >= 0.3 is 0 Å². The summed E-state index contributed by atoms with van der Waals surface area (Å²) in [5.74, 6) is 1.19. The molecule has 0 saturated heterocycles. The molecule has 1 aliphatic rings. The highest BCUT2D eigenvalue weighted by molar-refractivity contribution is 5.48. The van der Waals surface area contributed by atoms with Crippen LogP contribution < -0.4 is 10.6 Å². The Kier molecular flexibility index (Phi) is 4.14. The molecule has 106 valence electrons. The Bertz CT molecular complexity index is 405. The molecule has 2 unspecified atom stereocenters. The zero-order valence-corrected chi connectivity index (χ0v) is 12.2. The maximum Gasteiger partial charge on any atom is 0.123 e. The molecule has 0 aliphatic heterocycles. The van der Waals surface area contributed by atoms with Crippen LogP contribution in [0.5, 0.6) is 0 Å². The molecule has 1 aromatic rings. The lowest BCUT2D eigenvalue weighted by Gasteiger charge is -2.49. The quantitative estimate of drug-likeness (QED) is 0.906. The number of anilines is 1. The molecule has 1 aromatic carbocycles. The van der Waals surface area contributed by atoms with Crippen LogP contribution in [0.3, 0.4) is 0 Å². The minimum absolute atomic E-state index is 0.00884. The summed E-state index contributed by atoms with van der Waals surface area (Å²) in [6, 6.07) is 6.73. The van der Waals surface area contributed by atoms with Gasteiger partial charge in [0.25, 0.3) is 0 Å². The third-order valence-corrected chi connectivity index (χ3v) is 4.57. The van der Waals surface area contributed by atoms with Crippen LogP contribution in [0.15, 0.2) is 24.3 Å². The van der Waals surface area contributed by atoms with E-state index in [-0.39, 0.29) is 11.4 Å². The molecule has 0 heterocycles. The van der Waals surface area contributed by atoms with Gasteiger partial charge in [-0.3, -0.25) is 0 Å². The lowest BCUT2D eigenvalue weighted by Crippen LogP contribution is -2.56. The summed E-state index contributed by atoms with van der Waals surface area (Å²) in [5.41, 5.74) is 7.17. The summed E-state index contributed by atoms with van der Waals surface area (Å²) in [7, 11) is 2.09. The van der Waals surface area contributed by atoms with Crippen LogP contribution in [0.2, 0.25) is 0 Å². The van der Waals surface area contributed by atoms with Gasteiger partial charge in [-0.15, -0.1) is 0 Å². The zero-order chi connectivity index (χ0) is 14.0. The Balaban J connectivity index is 2.27. The summed E-state index contributed by atoms with van der Waals surface area (Å²) < 4.78 is 13.1. The molecule has 0 amide bonds. The van der Waals surface area contributed by atoms with Crippen molar-refractivity contribution in [1.29, 1.82) is 0 Å². The molecule has 3 heteroatoms. The van der Waals surface area contributed by atoms with Gasteiger partial charge in [-0.2, -0.15) is 0 Å². The van der Waals surface area contributed by atoms with E-state index in [0.29, 0.717) is 18.4 Å². The van der Waals surface area contributed by atoms with Crippen molar-refractivity contribution < 1.29 is 4.39 Å². The van der Waals surface area contributed by atoms with Gasteiger partial charge in [0.2, 0.25) is 0 Å². The molecule has 2 atom stereocenters. The van der Waals surface area contributed by atoms with Crippen LogP contribution in [0, 0.1) is 17.7 Å². The number of nitrogens with zero attached hydrogens (tertiary/aromatic N) is 1. The summed E-state index contributed by atoms with van der Waals surface area (Å²) in [4.78, 5) is 2.26. The lowest BCUT2D eigenvalue weighted by molar-refractivity contribution is 0.182. The summed E-state index contributed by atoms with van der Waals surface area (Å²) in [6.07, 6.45) is 3.50. The molecule has 19 heavy (non-hydrogen) atoms. The monoisotopic (exact) mass is 264 g/mol. The van der Waals surface area contributed by atoms with E-state index >= 15 is 0 Å². The summed E-state index contributed by atoms with van der Waals surface area (Å²) in [6.45, 7) is 5.26. The molecule has 0 spiro atoms. The molecule has 1 fully saturated rings. The first-order valence-corrected chi connectivity index (χ1v) is 7.16. The average molecular weight is 264 g/mol. The Morgan fingerprint density at radius 3 is 2.21 bits per heavy atom. The molecular formula is C16H25FN2. The van der Waals surface area contributed by atoms with Crippen LogP contribution >= 0.6 is 0 Å². The Hall–Kier alpha value is -1.09. The Labute approximate surface area is 115 Å². The van der Waals surface area contributed by atoms with E-state index in [2.05, 4.69) is 25.8 Å². The Morgan fingerprint density at radius 2 is 1.74 bits per heavy atom. The van der Waals surface area contributed by atoms with Crippen molar-refractivity contribution in [2.45, 2.75) is 38.6 Å². The van der Waals surface area contributed by atoms with Crippen LogP contribution in [-0.4, -0.2) is 19.1 Å². The van der Waals surface area contributed by atoms with Crippen LogP contribution in [0.4, 0.5) is 10.1 Å². The number of hydrogen-bond donors (Lipinski definition) is 1. The van der Waals surface area contributed by atoms with E-state index in [4.69, 9.17) is 5.73 Å². The van der Waals surface area contributed by atoms with Crippen molar-refractivity contribution >= 4 is 5.69 Å². The predicted molar refractivity (Wildman–Crippen MR) is 78.8 cm³/mol. The fourth-order valence-corrected chi connectivity index (χ4v) is 3.75. The van der Waals surface area contributed by atoms with E-state index in [0.717, 1.165) is 18.5 Å². The number of hydrogen-bond acceptors (Lipinski definition) is 2.